The first kappa shape index (κ1) is 27.6. The minimum atomic E-state index is -0.320. The van der Waals surface area contributed by atoms with Gasteiger partial charge in [0, 0.05) is 21.7 Å². The van der Waals surface area contributed by atoms with Gasteiger partial charge in [0.05, 0.1) is 33.9 Å². The van der Waals surface area contributed by atoms with Gasteiger partial charge in [-0.25, -0.2) is 0 Å². The number of aromatic nitrogens is 4. The van der Waals surface area contributed by atoms with Crippen molar-refractivity contribution in [1.82, 2.24) is 19.6 Å². The van der Waals surface area contributed by atoms with Crippen molar-refractivity contribution < 1.29 is 9.59 Å². The van der Waals surface area contributed by atoms with Gasteiger partial charge in [-0.15, -0.1) is 0 Å². The molecule has 3 rings (SSSR count). The zero-order valence-corrected chi connectivity index (χ0v) is 24.1. The molecule has 6 nitrogen and oxygen atoms in total. The summed E-state index contributed by atoms with van der Waals surface area (Å²) >= 11 is 0. The average Bonchev–Trinajstić information content (AvgIpc) is 3.37. The highest BCUT2D eigenvalue weighted by Gasteiger charge is 2.32. The summed E-state index contributed by atoms with van der Waals surface area (Å²) in [7, 11) is 0. The van der Waals surface area contributed by atoms with Gasteiger partial charge in [0.2, 0.25) is 0 Å². The summed E-state index contributed by atoms with van der Waals surface area (Å²) in [5.74, 6) is -0.639. The monoisotopic (exact) mass is 490 g/mol. The summed E-state index contributed by atoms with van der Waals surface area (Å²) in [6, 6.07) is 11.0. The van der Waals surface area contributed by atoms with Crippen LogP contribution in [0.3, 0.4) is 0 Å². The highest BCUT2D eigenvalue weighted by Crippen LogP contribution is 2.31. The smallest absolute Gasteiger partial charge is 0.267 e. The molecule has 0 saturated carbocycles. The molecule has 0 fully saturated rings. The van der Waals surface area contributed by atoms with Crippen molar-refractivity contribution in [1.29, 1.82) is 0 Å². The van der Waals surface area contributed by atoms with Crippen LogP contribution in [0.2, 0.25) is 0 Å². The lowest BCUT2D eigenvalue weighted by Crippen LogP contribution is -2.28. The standard InChI is InChI=1S/C30H42N4O2/c1-27(2,3)21-17-23(29(7,8)9)33(31-21)25(35)19-15-13-14-16-20(19)26(36)34-24(30(10,11)12)18-22(32-34)28(4,5)6/h13-18H,1-12H3. The van der Waals surface area contributed by atoms with Crippen molar-refractivity contribution >= 4 is 11.8 Å². The third-order valence-corrected chi connectivity index (χ3v) is 6.27. The minimum Gasteiger partial charge on any atom is -0.267 e. The van der Waals surface area contributed by atoms with Gasteiger partial charge in [-0.3, -0.25) is 9.59 Å². The van der Waals surface area contributed by atoms with Crippen LogP contribution in [0.15, 0.2) is 36.4 Å². The second-order valence-electron chi connectivity index (χ2n) is 13.8. The highest BCUT2D eigenvalue weighted by molar-refractivity contribution is 6.08. The maximum Gasteiger partial charge on any atom is 0.279 e. The van der Waals surface area contributed by atoms with Crippen LogP contribution in [0, 0.1) is 0 Å². The Morgan fingerprint density at radius 1 is 0.556 bits per heavy atom. The second kappa shape index (κ2) is 8.82. The van der Waals surface area contributed by atoms with Crippen LogP contribution in [0.4, 0.5) is 0 Å². The molecule has 3 aromatic rings. The van der Waals surface area contributed by atoms with Crippen LogP contribution in [0.5, 0.6) is 0 Å². The fourth-order valence-corrected chi connectivity index (χ4v) is 3.96. The van der Waals surface area contributed by atoms with Crippen LogP contribution >= 0.6 is 0 Å². The molecule has 6 heteroatoms. The van der Waals surface area contributed by atoms with E-state index >= 15 is 0 Å². The van der Waals surface area contributed by atoms with Gasteiger partial charge in [0.1, 0.15) is 0 Å². The number of hydrogen-bond donors (Lipinski definition) is 0. The van der Waals surface area contributed by atoms with Gasteiger partial charge in [-0.1, -0.05) is 95.2 Å². The average molecular weight is 491 g/mol. The fraction of sp³-hybridized carbons (Fsp3) is 0.533. The molecule has 0 amide bonds. The van der Waals surface area contributed by atoms with Crippen molar-refractivity contribution in [3.05, 3.63) is 70.3 Å². The quantitative estimate of drug-likeness (QED) is 0.403. The summed E-state index contributed by atoms with van der Waals surface area (Å²) in [5, 5.41) is 9.45. The maximum absolute atomic E-state index is 14.0. The first-order valence-corrected chi connectivity index (χ1v) is 12.6. The van der Waals surface area contributed by atoms with E-state index in [2.05, 4.69) is 83.1 Å². The van der Waals surface area contributed by atoms with Crippen molar-refractivity contribution in [3.8, 4) is 0 Å². The molecule has 0 saturated heterocycles. The summed E-state index contributed by atoms with van der Waals surface area (Å²) in [6.07, 6.45) is 0. The molecule has 0 atom stereocenters. The molecule has 0 bridgehead atoms. The lowest BCUT2D eigenvalue weighted by atomic mass is 9.87. The predicted molar refractivity (Wildman–Crippen MR) is 145 cm³/mol. The van der Waals surface area contributed by atoms with Gasteiger partial charge in [-0.05, 0) is 24.3 Å². The number of rotatable bonds is 2. The lowest BCUT2D eigenvalue weighted by molar-refractivity contribution is 0.0902. The van der Waals surface area contributed by atoms with Gasteiger partial charge in [0.15, 0.2) is 0 Å². The first-order valence-electron chi connectivity index (χ1n) is 12.6. The number of nitrogens with zero attached hydrogens (tertiary/aromatic N) is 4. The molecule has 0 radical (unpaired) electrons. The molecule has 36 heavy (non-hydrogen) atoms. The molecule has 0 spiro atoms. The van der Waals surface area contributed by atoms with Crippen LogP contribution in [0.25, 0.3) is 0 Å². The molecule has 1 aromatic carbocycles. The maximum atomic E-state index is 14.0. The van der Waals surface area contributed by atoms with E-state index in [4.69, 9.17) is 10.2 Å². The molecular weight excluding hydrogens is 448 g/mol. The Labute approximate surface area is 216 Å². The van der Waals surface area contributed by atoms with E-state index in [0.29, 0.717) is 11.1 Å². The van der Waals surface area contributed by atoms with Crippen molar-refractivity contribution in [3.63, 3.8) is 0 Å². The van der Waals surface area contributed by atoms with E-state index in [9.17, 15) is 9.59 Å². The third-order valence-electron chi connectivity index (χ3n) is 6.27. The predicted octanol–water partition coefficient (Wildman–Crippen LogP) is 6.65. The summed E-state index contributed by atoms with van der Waals surface area (Å²) < 4.78 is 2.95. The topological polar surface area (TPSA) is 69.8 Å². The van der Waals surface area contributed by atoms with Crippen molar-refractivity contribution in [2.45, 2.75) is 105 Å². The molecule has 0 aliphatic rings. The van der Waals surface area contributed by atoms with Gasteiger partial charge < -0.3 is 0 Å². The van der Waals surface area contributed by atoms with Crippen LogP contribution in [-0.4, -0.2) is 31.4 Å². The summed E-state index contributed by atoms with van der Waals surface area (Å²) in [5.41, 5.74) is 2.84. The molecule has 0 aliphatic heterocycles. The molecule has 0 aliphatic carbocycles. The Bertz CT molecular complexity index is 1200. The Morgan fingerprint density at radius 3 is 1.11 bits per heavy atom. The summed E-state index contributed by atoms with van der Waals surface area (Å²) in [6.45, 7) is 24.8. The number of hydrogen-bond acceptors (Lipinski definition) is 4. The Hall–Kier alpha value is -3.02. The molecule has 2 heterocycles. The number of benzene rings is 1. The van der Waals surface area contributed by atoms with E-state index in [1.807, 2.05) is 12.1 Å². The van der Waals surface area contributed by atoms with Gasteiger partial charge in [0.25, 0.3) is 11.8 Å². The molecule has 0 N–H and O–H groups in total. The SMILES string of the molecule is CC(C)(C)c1cc(C(C)(C)C)n(C(=O)c2ccccc2C(=O)n2nc(C(C)(C)C)cc2C(C)(C)C)n1. The Kier molecular flexibility index (Phi) is 6.76. The lowest BCUT2D eigenvalue weighted by Gasteiger charge is -2.21. The Balaban J connectivity index is 2.20. The van der Waals surface area contributed by atoms with Crippen molar-refractivity contribution in [2.75, 3.05) is 0 Å². The summed E-state index contributed by atoms with van der Waals surface area (Å²) in [4.78, 5) is 28.0. The number of carbonyl (C=O) groups excluding carboxylic acids is 2. The van der Waals surface area contributed by atoms with Gasteiger partial charge in [-0.2, -0.15) is 19.6 Å². The zero-order chi connectivity index (χ0) is 27.4. The van der Waals surface area contributed by atoms with Gasteiger partial charge >= 0.3 is 0 Å². The van der Waals surface area contributed by atoms with Crippen molar-refractivity contribution in [2.24, 2.45) is 0 Å². The van der Waals surface area contributed by atoms with E-state index in [1.54, 1.807) is 24.3 Å². The largest absolute Gasteiger partial charge is 0.279 e. The molecule has 0 unspecified atom stereocenters. The van der Waals surface area contributed by atoms with E-state index in [1.165, 1.54) is 9.36 Å². The third kappa shape index (κ3) is 5.37. The van der Waals surface area contributed by atoms with E-state index < -0.39 is 0 Å². The normalized spacial score (nSPS) is 13.2. The van der Waals surface area contributed by atoms with Crippen LogP contribution in [-0.2, 0) is 21.7 Å². The number of carbonyl (C=O) groups is 2. The Morgan fingerprint density at radius 2 is 0.861 bits per heavy atom. The minimum absolute atomic E-state index is 0.221. The molecular formula is C30H42N4O2. The fourth-order valence-electron chi connectivity index (χ4n) is 3.96. The highest BCUT2D eigenvalue weighted by atomic mass is 16.2. The van der Waals surface area contributed by atoms with E-state index in [-0.39, 0.29) is 33.5 Å². The molecule has 194 valence electrons. The molecule has 2 aromatic heterocycles. The van der Waals surface area contributed by atoms with Crippen LogP contribution < -0.4 is 0 Å². The van der Waals surface area contributed by atoms with E-state index in [0.717, 1.165) is 22.8 Å². The second-order valence-corrected chi connectivity index (χ2v) is 13.8. The zero-order valence-electron chi connectivity index (χ0n) is 24.1. The first-order chi connectivity index (χ1) is 16.2. The van der Waals surface area contributed by atoms with Crippen LogP contribution in [0.1, 0.15) is 127 Å².